The lowest BCUT2D eigenvalue weighted by atomic mass is 10.1. The molecule has 0 atom stereocenters. The molecule has 0 heterocycles. The van der Waals surface area contributed by atoms with Gasteiger partial charge in [-0.2, -0.15) is 0 Å². The van der Waals surface area contributed by atoms with E-state index in [1.165, 1.54) is 0 Å². The fourth-order valence-electron chi connectivity index (χ4n) is 2.39. The van der Waals surface area contributed by atoms with Gasteiger partial charge in [0.25, 0.3) is 5.91 Å². The van der Waals surface area contributed by atoms with E-state index in [0.717, 1.165) is 35.4 Å². The standard InChI is InChI=1S/C20H22F3N3O6S/c1-13-3-4-16(11-14(13)2)31-12-19(28)26-25-18(27)9-10-24-33(29,30)17-7-5-15(6-8-17)32-20(21,22)23/h3-8,11,24H,9-10,12H2,1-2H3,(H,25,27)(H,26,28). The number of amides is 2. The van der Waals surface area contributed by atoms with Crippen LogP contribution >= 0.6 is 0 Å². The number of aryl methyl sites for hydroxylation is 2. The monoisotopic (exact) mass is 489 g/mol. The first-order valence-electron chi connectivity index (χ1n) is 9.49. The Morgan fingerprint density at radius 1 is 0.909 bits per heavy atom. The molecule has 2 rings (SSSR count). The maximum atomic E-state index is 12.2. The van der Waals surface area contributed by atoms with Gasteiger partial charge < -0.3 is 9.47 Å². The van der Waals surface area contributed by atoms with Crippen molar-refractivity contribution in [3.8, 4) is 11.5 Å². The van der Waals surface area contributed by atoms with Gasteiger partial charge in [0.2, 0.25) is 15.9 Å². The molecule has 0 radical (unpaired) electrons. The second-order valence-electron chi connectivity index (χ2n) is 6.80. The van der Waals surface area contributed by atoms with Crippen molar-refractivity contribution in [2.24, 2.45) is 0 Å². The molecule has 0 aliphatic carbocycles. The first-order valence-corrected chi connectivity index (χ1v) is 11.0. The van der Waals surface area contributed by atoms with Crippen molar-refractivity contribution < 1.29 is 40.7 Å². The number of carbonyl (C=O) groups is 2. The molecular formula is C20H22F3N3O6S. The Labute approximate surface area is 188 Å². The van der Waals surface area contributed by atoms with Gasteiger partial charge in [0, 0.05) is 13.0 Å². The predicted molar refractivity (Wildman–Crippen MR) is 111 cm³/mol. The molecule has 0 fully saturated rings. The molecule has 33 heavy (non-hydrogen) atoms. The number of nitrogens with one attached hydrogen (secondary N) is 3. The van der Waals surface area contributed by atoms with Crippen LogP contribution in [0.25, 0.3) is 0 Å². The number of carbonyl (C=O) groups excluding carboxylic acids is 2. The minimum absolute atomic E-state index is 0.311. The molecule has 0 aliphatic rings. The number of halogens is 3. The average Bonchev–Trinajstić information content (AvgIpc) is 2.72. The van der Waals surface area contributed by atoms with Gasteiger partial charge in [0.15, 0.2) is 6.61 Å². The van der Waals surface area contributed by atoms with E-state index in [0.29, 0.717) is 5.75 Å². The summed E-state index contributed by atoms with van der Waals surface area (Å²) in [5.41, 5.74) is 6.32. The van der Waals surface area contributed by atoms with Gasteiger partial charge in [0.05, 0.1) is 4.90 Å². The zero-order valence-electron chi connectivity index (χ0n) is 17.7. The van der Waals surface area contributed by atoms with Gasteiger partial charge in [-0.15, -0.1) is 13.2 Å². The SMILES string of the molecule is Cc1ccc(OCC(=O)NNC(=O)CCNS(=O)(=O)c2ccc(OC(F)(F)F)cc2)cc1C. The molecule has 0 saturated carbocycles. The van der Waals surface area contributed by atoms with Gasteiger partial charge in [0.1, 0.15) is 11.5 Å². The van der Waals surface area contributed by atoms with Crippen molar-refractivity contribution >= 4 is 21.8 Å². The minimum atomic E-state index is -4.90. The molecule has 3 N–H and O–H groups in total. The summed E-state index contributed by atoms with van der Waals surface area (Å²) in [4.78, 5) is 23.2. The highest BCUT2D eigenvalue weighted by Crippen LogP contribution is 2.23. The Morgan fingerprint density at radius 2 is 1.52 bits per heavy atom. The molecule has 0 saturated heterocycles. The molecule has 0 aromatic heterocycles. The fraction of sp³-hybridized carbons (Fsp3) is 0.300. The third-order valence-electron chi connectivity index (χ3n) is 4.20. The van der Waals surface area contributed by atoms with E-state index in [9.17, 15) is 31.2 Å². The van der Waals surface area contributed by atoms with Crippen LogP contribution in [0.1, 0.15) is 17.5 Å². The Kier molecular flexibility index (Phi) is 8.65. The number of hydrogen-bond donors (Lipinski definition) is 3. The molecule has 180 valence electrons. The number of benzene rings is 2. The summed E-state index contributed by atoms with van der Waals surface area (Å²) in [6, 6.07) is 8.88. The number of ether oxygens (including phenoxy) is 2. The van der Waals surface area contributed by atoms with Crippen LogP contribution in [0.2, 0.25) is 0 Å². The molecule has 9 nitrogen and oxygen atoms in total. The van der Waals surface area contributed by atoms with Crippen molar-refractivity contribution in [2.75, 3.05) is 13.2 Å². The highest BCUT2D eigenvalue weighted by Gasteiger charge is 2.31. The van der Waals surface area contributed by atoms with Crippen molar-refractivity contribution in [2.45, 2.75) is 31.5 Å². The zero-order valence-corrected chi connectivity index (χ0v) is 18.5. The molecule has 0 spiro atoms. The summed E-state index contributed by atoms with van der Waals surface area (Å²) in [6.07, 6.45) is -5.21. The smallest absolute Gasteiger partial charge is 0.484 e. The maximum absolute atomic E-state index is 12.2. The molecule has 2 aromatic rings. The summed E-state index contributed by atoms with van der Waals surface area (Å²) in [5, 5.41) is 0. The lowest BCUT2D eigenvalue weighted by Crippen LogP contribution is -2.44. The fourth-order valence-corrected chi connectivity index (χ4v) is 3.43. The van der Waals surface area contributed by atoms with Crippen molar-refractivity contribution in [3.05, 3.63) is 53.6 Å². The van der Waals surface area contributed by atoms with Crippen LogP contribution in [-0.4, -0.2) is 39.7 Å². The summed E-state index contributed by atoms with van der Waals surface area (Å²) < 4.78 is 71.9. The van der Waals surface area contributed by atoms with Crippen molar-refractivity contribution in [1.82, 2.24) is 15.6 Å². The second-order valence-corrected chi connectivity index (χ2v) is 8.57. The number of rotatable bonds is 9. The predicted octanol–water partition coefficient (Wildman–Crippen LogP) is 2.10. The first-order chi connectivity index (χ1) is 15.4. The largest absolute Gasteiger partial charge is 0.573 e. The van der Waals surface area contributed by atoms with E-state index in [-0.39, 0.29) is 24.5 Å². The third-order valence-corrected chi connectivity index (χ3v) is 5.68. The third kappa shape index (κ3) is 8.98. The van der Waals surface area contributed by atoms with Gasteiger partial charge >= 0.3 is 6.36 Å². The molecule has 0 unspecified atom stereocenters. The maximum Gasteiger partial charge on any atom is 0.573 e. The average molecular weight is 489 g/mol. The van der Waals surface area contributed by atoms with E-state index in [1.54, 1.807) is 12.1 Å². The van der Waals surface area contributed by atoms with Gasteiger partial charge in [-0.05, 0) is 61.4 Å². The molecule has 0 bridgehead atoms. The molecule has 2 amide bonds. The molecular weight excluding hydrogens is 467 g/mol. The number of hydrazine groups is 1. The van der Waals surface area contributed by atoms with Gasteiger partial charge in [-0.25, -0.2) is 13.1 Å². The van der Waals surface area contributed by atoms with Gasteiger partial charge in [-0.1, -0.05) is 6.07 Å². The van der Waals surface area contributed by atoms with Crippen LogP contribution in [-0.2, 0) is 19.6 Å². The van der Waals surface area contributed by atoms with Crippen LogP contribution < -0.4 is 25.0 Å². The van der Waals surface area contributed by atoms with Crippen LogP contribution in [0.4, 0.5) is 13.2 Å². The van der Waals surface area contributed by atoms with Crippen molar-refractivity contribution in [3.63, 3.8) is 0 Å². The summed E-state index contributed by atoms with van der Waals surface area (Å²) in [7, 11) is -4.07. The summed E-state index contributed by atoms with van der Waals surface area (Å²) >= 11 is 0. The number of alkyl halides is 3. The lowest BCUT2D eigenvalue weighted by Gasteiger charge is -2.11. The lowest BCUT2D eigenvalue weighted by molar-refractivity contribution is -0.274. The van der Waals surface area contributed by atoms with E-state index < -0.39 is 33.9 Å². The highest BCUT2D eigenvalue weighted by atomic mass is 32.2. The second kappa shape index (κ2) is 11.0. The summed E-state index contributed by atoms with van der Waals surface area (Å²) in [5.74, 6) is -1.38. The van der Waals surface area contributed by atoms with Crippen LogP contribution in [0, 0.1) is 13.8 Å². The van der Waals surface area contributed by atoms with Crippen molar-refractivity contribution in [1.29, 1.82) is 0 Å². The topological polar surface area (TPSA) is 123 Å². The Bertz CT molecular complexity index is 1090. The Morgan fingerprint density at radius 3 is 2.12 bits per heavy atom. The Hall–Kier alpha value is -3.32. The quantitative estimate of drug-likeness (QED) is 0.464. The van der Waals surface area contributed by atoms with E-state index in [2.05, 4.69) is 20.3 Å². The van der Waals surface area contributed by atoms with Crippen LogP contribution in [0.3, 0.4) is 0 Å². The number of sulfonamides is 1. The van der Waals surface area contributed by atoms with Gasteiger partial charge in [-0.3, -0.25) is 20.4 Å². The summed E-state index contributed by atoms with van der Waals surface area (Å²) in [6.45, 7) is 3.17. The van der Waals surface area contributed by atoms with E-state index in [4.69, 9.17) is 4.74 Å². The Balaban J connectivity index is 1.72. The molecule has 13 heteroatoms. The van der Waals surface area contributed by atoms with Crippen LogP contribution in [0.5, 0.6) is 11.5 Å². The molecule has 2 aromatic carbocycles. The first kappa shape index (κ1) is 25.9. The van der Waals surface area contributed by atoms with E-state index >= 15 is 0 Å². The zero-order chi connectivity index (χ0) is 24.6. The molecule has 0 aliphatic heterocycles. The minimum Gasteiger partial charge on any atom is -0.484 e. The highest BCUT2D eigenvalue weighted by molar-refractivity contribution is 7.89. The van der Waals surface area contributed by atoms with Crippen LogP contribution in [0.15, 0.2) is 47.4 Å². The van der Waals surface area contributed by atoms with E-state index in [1.807, 2.05) is 19.9 Å². The number of hydrogen-bond acceptors (Lipinski definition) is 6. The normalized spacial score (nSPS) is 11.5.